The van der Waals surface area contributed by atoms with Gasteiger partial charge < -0.3 is 5.11 Å². The second-order valence-corrected chi connectivity index (χ2v) is 10.2. The quantitative estimate of drug-likeness (QED) is 0.776. The Bertz CT molecular complexity index is 619. The van der Waals surface area contributed by atoms with Crippen LogP contribution in [0.2, 0.25) is 0 Å². The second-order valence-electron chi connectivity index (χ2n) is 10.2. The number of fused-ring (bicyclic) bond motifs is 3. The standard InChI is InChI=1S/C22H32O2/c1-12-8-14-9-16(24)4-5-17(14)18-6-7-21(3)19(13(2)23)10-15-11-22(15,21)20(12)18/h9,12-13,15,17-20,23H,4-8,10-11H2,1-3H3/t12-,13-,15+,17+,18-,19+,20-,21-,22-/m1/s1. The van der Waals surface area contributed by atoms with E-state index >= 15 is 0 Å². The fourth-order valence-corrected chi connectivity index (χ4v) is 8.67. The van der Waals surface area contributed by atoms with Crippen molar-refractivity contribution in [3.05, 3.63) is 11.6 Å². The van der Waals surface area contributed by atoms with Crippen molar-refractivity contribution in [2.24, 2.45) is 46.3 Å². The molecule has 0 aromatic rings. The third kappa shape index (κ3) is 1.69. The molecule has 1 N–H and O–H groups in total. The predicted octanol–water partition coefficient (Wildman–Crippen LogP) is 4.37. The van der Waals surface area contributed by atoms with Crippen LogP contribution < -0.4 is 0 Å². The number of allylic oxidation sites excluding steroid dienone is 1. The number of aliphatic hydroxyl groups is 1. The highest BCUT2D eigenvalue weighted by atomic mass is 16.3. The van der Waals surface area contributed by atoms with Crippen molar-refractivity contribution < 1.29 is 9.90 Å². The van der Waals surface area contributed by atoms with Gasteiger partial charge in [-0.25, -0.2) is 0 Å². The lowest BCUT2D eigenvalue weighted by molar-refractivity contribution is -0.118. The van der Waals surface area contributed by atoms with Gasteiger partial charge in [0.15, 0.2) is 5.78 Å². The minimum Gasteiger partial charge on any atom is -0.393 e. The molecule has 0 aromatic heterocycles. The molecule has 0 amide bonds. The van der Waals surface area contributed by atoms with Gasteiger partial charge >= 0.3 is 0 Å². The van der Waals surface area contributed by atoms with Crippen LogP contribution in [-0.2, 0) is 4.79 Å². The summed E-state index contributed by atoms with van der Waals surface area (Å²) < 4.78 is 0. The van der Waals surface area contributed by atoms with Crippen molar-refractivity contribution in [3.8, 4) is 0 Å². The number of ketones is 1. The SMILES string of the molecule is C[C@@H]1CC2=CC(=O)CC[C@@H]2[C@H]2CC[C@]3(C)[C@H]([C@@H](C)O)C[C@H]4C[C@]43[C@@H]21. The lowest BCUT2D eigenvalue weighted by Gasteiger charge is -2.58. The molecule has 132 valence electrons. The van der Waals surface area contributed by atoms with Crippen LogP contribution in [0.5, 0.6) is 0 Å². The molecule has 0 aromatic carbocycles. The zero-order chi connectivity index (χ0) is 16.9. The number of hydrogen-bond donors (Lipinski definition) is 1. The van der Waals surface area contributed by atoms with E-state index in [9.17, 15) is 9.90 Å². The van der Waals surface area contributed by atoms with Crippen LogP contribution in [-0.4, -0.2) is 17.0 Å². The average molecular weight is 328 g/mol. The van der Waals surface area contributed by atoms with Crippen LogP contribution in [0.15, 0.2) is 11.6 Å². The number of hydrogen-bond acceptors (Lipinski definition) is 2. The molecule has 5 aliphatic rings. The molecule has 0 aliphatic heterocycles. The normalized spacial score (nSPS) is 56.5. The van der Waals surface area contributed by atoms with Gasteiger partial charge in [-0.2, -0.15) is 0 Å². The molecule has 4 fully saturated rings. The maximum Gasteiger partial charge on any atom is 0.155 e. The highest BCUT2D eigenvalue weighted by Crippen LogP contribution is 2.84. The fraction of sp³-hybridized carbons (Fsp3) is 0.864. The Morgan fingerprint density at radius 3 is 2.88 bits per heavy atom. The van der Waals surface area contributed by atoms with Crippen molar-refractivity contribution in [1.29, 1.82) is 0 Å². The van der Waals surface area contributed by atoms with Gasteiger partial charge in [0, 0.05) is 6.42 Å². The van der Waals surface area contributed by atoms with Crippen molar-refractivity contribution in [3.63, 3.8) is 0 Å². The first-order chi connectivity index (χ1) is 11.4. The first kappa shape index (κ1) is 15.6. The van der Waals surface area contributed by atoms with Crippen LogP contribution in [0.1, 0.15) is 65.7 Å². The van der Waals surface area contributed by atoms with E-state index in [1.165, 1.54) is 31.3 Å². The summed E-state index contributed by atoms with van der Waals surface area (Å²) in [6.07, 6.45) is 10.2. The number of carbonyl (C=O) groups is 1. The van der Waals surface area contributed by atoms with E-state index in [1.54, 1.807) is 0 Å². The molecule has 5 rings (SSSR count). The van der Waals surface area contributed by atoms with Gasteiger partial charge in [0.25, 0.3) is 0 Å². The zero-order valence-electron chi connectivity index (χ0n) is 15.4. The molecule has 2 heteroatoms. The molecule has 9 atom stereocenters. The molecule has 0 saturated heterocycles. The summed E-state index contributed by atoms with van der Waals surface area (Å²) in [5.41, 5.74) is 2.36. The molecule has 0 unspecified atom stereocenters. The number of carbonyl (C=O) groups excluding carboxylic acids is 1. The maximum atomic E-state index is 11.9. The topological polar surface area (TPSA) is 37.3 Å². The van der Waals surface area contributed by atoms with Crippen molar-refractivity contribution >= 4 is 5.78 Å². The van der Waals surface area contributed by atoms with Crippen LogP contribution >= 0.6 is 0 Å². The van der Waals surface area contributed by atoms with Crippen molar-refractivity contribution in [2.75, 3.05) is 0 Å². The van der Waals surface area contributed by atoms with Gasteiger partial charge in [-0.1, -0.05) is 19.4 Å². The minimum absolute atomic E-state index is 0.155. The van der Waals surface area contributed by atoms with Gasteiger partial charge in [-0.3, -0.25) is 4.79 Å². The summed E-state index contributed by atoms with van der Waals surface area (Å²) in [5.74, 6) is 4.78. The third-order valence-electron chi connectivity index (χ3n) is 9.42. The fourth-order valence-electron chi connectivity index (χ4n) is 8.67. The summed E-state index contributed by atoms with van der Waals surface area (Å²) in [7, 11) is 0. The molecule has 0 bridgehead atoms. The van der Waals surface area contributed by atoms with E-state index in [2.05, 4.69) is 13.8 Å². The Hall–Kier alpha value is -0.630. The molecular weight excluding hydrogens is 296 g/mol. The molecular formula is C22H32O2. The molecule has 0 heterocycles. The second kappa shape index (κ2) is 4.75. The van der Waals surface area contributed by atoms with Crippen LogP contribution in [0.4, 0.5) is 0 Å². The largest absolute Gasteiger partial charge is 0.393 e. The highest BCUT2D eigenvalue weighted by molar-refractivity contribution is 5.91. The number of aliphatic hydroxyl groups excluding tert-OH is 1. The molecule has 24 heavy (non-hydrogen) atoms. The van der Waals surface area contributed by atoms with E-state index < -0.39 is 0 Å². The summed E-state index contributed by atoms with van der Waals surface area (Å²) in [6, 6.07) is 0. The van der Waals surface area contributed by atoms with E-state index in [1.807, 2.05) is 13.0 Å². The summed E-state index contributed by atoms with van der Waals surface area (Å²) in [4.78, 5) is 11.9. The Morgan fingerprint density at radius 1 is 1.33 bits per heavy atom. The Morgan fingerprint density at radius 2 is 2.12 bits per heavy atom. The first-order valence-electron chi connectivity index (χ1n) is 10.3. The summed E-state index contributed by atoms with van der Waals surface area (Å²) >= 11 is 0. The lowest BCUT2D eigenvalue weighted by atomic mass is 9.46. The molecule has 4 saturated carbocycles. The predicted molar refractivity (Wildman–Crippen MR) is 94.2 cm³/mol. The maximum absolute atomic E-state index is 11.9. The number of rotatable bonds is 1. The average Bonchev–Trinajstić information content (AvgIpc) is 3.16. The first-order valence-corrected chi connectivity index (χ1v) is 10.3. The van der Waals surface area contributed by atoms with Crippen LogP contribution in [0, 0.1) is 46.3 Å². The van der Waals surface area contributed by atoms with Crippen molar-refractivity contribution in [2.45, 2.75) is 71.8 Å². The lowest BCUT2D eigenvalue weighted by Crippen LogP contribution is -2.53. The van der Waals surface area contributed by atoms with Crippen LogP contribution in [0.25, 0.3) is 0 Å². The summed E-state index contributed by atoms with van der Waals surface area (Å²) in [5, 5.41) is 10.4. The van der Waals surface area contributed by atoms with Gasteiger partial charge in [0.05, 0.1) is 6.10 Å². The van der Waals surface area contributed by atoms with E-state index in [0.29, 0.717) is 34.4 Å². The van der Waals surface area contributed by atoms with Gasteiger partial charge in [-0.15, -0.1) is 0 Å². The molecule has 5 aliphatic carbocycles. The highest BCUT2D eigenvalue weighted by Gasteiger charge is 2.78. The van der Waals surface area contributed by atoms with Gasteiger partial charge in [-0.05, 0) is 97.9 Å². The summed E-state index contributed by atoms with van der Waals surface area (Å²) in [6.45, 7) is 7.01. The van der Waals surface area contributed by atoms with E-state index in [-0.39, 0.29) is 6.10 Å². The Balaban J connectivity index is 1.54. The minimum atomic E-state index is -0.155. The molecule has 2 nitrogen and oxygen atoms in total. The van der Waals surface area contributed by atoms with Gasteiger partial charge in [0.2, 0.25) is 0 Å². The van der Waals surface area contributed by atoms with E-state index in [0.717, 1.165) is 37.0 Å². The Kier molecular flexibility index (Phi) is 3.09. The van der Waals surface area contributed by atoms with E-state index in [4.69, 9.17) is 0 Å². The molecule has 0 radical (unpaired) electrons. The monoisotopic (exact) mass is 328 g/mol. The molecule has 1 spiro atoms. The third-order valence-corrected chi connectivity index (χ3v) is 9.42. The zero-order valence-corrected chi connectivity index (χ0v) is 15.4. The van der Waals surface area contributed by atoms with Crippen LogP contribution in [0.3, 0.4) is 0 Å². The Labute approximate surface area is 146 Å². The smallest absolute Gasteiger partial charge is 0.155 e. The van der Waals surface area contributed by atoms with Gasteiger partial charge in [0.1, 0.15) is 0 Å². The van der Waals surface area contributed by atoms with Crippen molar-refractivity contribution in [1.82, 2.24) is 0 Å².